The molecule has 0 atom stereocenters. The van der Waals surface area contributed by atoms with Crippen molar-refractivity contribution in [2.75, 3.05) is 0 Å². The summed E-state index contributed by atoms with van der Waals surface area (Å²) in [4.78, 5) is 14.7. The van der Waals surface area contributed by atoms with Crippen molar-refractivity contribution in [1.82, 2.24) is 10.1 Å². The molecule has 0 spiro atoms. The number of benzene rings is 1. The van der Waals surface area contributed by atoms with Crippen LogP contribution in [0.15, 0.2) is 34.9 Å². The predicted octanol–water partition coefficient (Wildman–Crippen LogP) is 2.87. The third-order valence-corrected chi connectivity index (χ3v) is 2.62. The summed E-state index contributed by atoms with van der Waals surface area (Å²) >= 11 is 0. The van der Waals surface area contributed by atoms with Crippen LogP contribution in [0.3, 0.4) is 0 Å². The van der Waals surface area contributed by atoms with E-state index in [0.29, 0.717) is 17.5 Å². The van der Waals surface area contributed by atoms with Crippen LogP contribution in [0.2, 0.25) is 0 Å². The van der Waals surface area contributed by atoms with Crippen LogP contribution < -0.4 is 4.74 Å². The number of hydrogen-bond acceptors (Lipinski definition) is 5. The average molecular weight is 288 g/mol. The molecule has 2 rings (SSSR count). The van der Waals surface area contributed by atoms with Crippen LogP contribution in [-0.2, 0) is 11.4 Å². The van der Waals surface area contributed by atoms with Crippen molar-refractivity contribution < 1.29 is 19.2 Å². The maximum absolute atomic E-state index is 10.5. The van der Waals surface area contributed by atoms with Gasteiger partial charge in [0.2, 0.25) is 11.7 Å². The van der Waals surface area contributed by atoms with Gasteiger partial charge in [-0.1, -0.05) is 31.1 Å². The molecule has 0 aliphatic rings. The number of hydrogen-bond donors (Lipinski definition) is 1. The highest BCUT2D eigenvalue weighted by atomic mass is 16.5. The van der Waals surface area contributed by atoms with E-state index >= 15 is 0 Å². The molecule has 21 heavy (non-hydrogen) atoms. The Morgan fingerprint density at radius 2 is 2.29 bits per heavy atom. The molecule has 0 unspecified atom stereocenters. The molecule has 2 aromatic rings. The van der Waals surface area contributed by atoms with Gasteiger partial charge in [-0.15, -0.1) is 0 Å². The van der Waals surface area contributed by atoms with Crippen molar-refractivity contribution in [2.45, 2.75) is 26.4 Å². The van der Waals surface area contributed by atoms with Gasteiger partial charge in [-0.05, 0) is 23.8 Å². The van der Waals surface area contributed by atoms with E-state index in [1.807, 2.05) is 13.8 Å². The maximum atomic E-state index is 10.5. The molecule has 6 heteroatoms. The van der Waals surface area contributed by atoms with E-state index in [9.17, 15) is 4.79 Å². The van der Waals surface area contributed by atoms with Crippen LogP contribution in [-0.4, -0.2) is 21.2 Å². The Morgan fingerprint density at radius 3 is 2.95 bits per heavy atom. The molecule has 1 heterocycles. The van der Waals surface area contributed by atoms with Crippen LogP contribution in [0.4, 0.5) is 0 Å². The second-order valence-electron chi connectivity index (χ2n) is 4.74. The van der Waals surface area contributed by atoms with Gasteiger partial charge in [0.15, 0.2) is 6.61 Å². The molecule has 0 fully saturated rings. The van der Waals surface area contributed by atoms with Gasteiger partial charge in [0.05, 0.1) is 0 Å². The molecule has 1 N–H and O–H groups in total. The van der Waals surface area contributed by atoms with Crippen molar-refractivity contribution in [3.8, 4) is 5.75 Å². The quantitative estimate of drug-likeness (QED) is 0.823. The van der Waals surface area contributed by atoms with E-state index in [1.54, 1.807) is 24.3 Å². The van der Waals surface area contributed by atoms with E-state index in [2.05, 4.69) is 10.1 Å². The molecule has 6 nitrogen and oxygen atoms in total. The van der Waals surface area contributed by atoms with Gasteiger partial charge in [0, 0.05) is 12.0 Å². The summed E-state index contributed by atoms with van der Waals surface area (Å²) in [7, 11) is 0. The first kappa shape index (κ1) is 14.8. The van der Waals surface area contributed by atoms with Gasteiger partial charge in [-0.25, -0.2) is 4.79 Å². The summed E-state index contributed by atoms with van der Waals surface area (Å²) in [6, 6.07) is 7.09. The van der Waals surface area contributed by atoms with Gasteiger partial charge in [0.1, 0.15) is 5.75 Å². The largest absolute Gasteiger partial charge is 0.485 e. The van der Waals surface area contributed by atoms with Gasteiger partial charge in [-0.3, -0.25) is 0 Å². The van der Waals surface area contributed by atoms with E-state index in [4.69, 9.17) is 14.4 Å². The monoisotopic (exact) mass is 288 g/mol. The Labute approximate surface area is 122 Å². The lowest BCUT2D eigenvalue weighted by Crippen LogP contribution is -1.98. The fraction of sp³-hybridized carbons (Fsp3) is 0.267. The van der Waals surface area contributed by atoms with E-state index in [-0.39, 0.29) is 12.5 Å². The second kappa shape index (κ2) is 6.69. The Morgan fingerprint density at radius 1 is 1.48 bits per heavy atom. The third-order valence-electron chi connectivity index (χ3n) is 2.62. The van der Waals surface area contributed by atoms with Crippen molar-refractivity contribution in [2.24, 2.45) is 0 Å². The lowest BCUT2D eigenvalue weighted by Gasteiger charge is -2.03. The molecule has 0 aliphatic heterocycles. The minimum absolute atomic E-state index is 0.177. The zero-order valence-electron chi connectivity index (χ0n) is 11.8. The Balaban J connectivity index is 1.99. The number of aromatic nitrogens is 2. The van der Waals surface area contributed by atoms with Crippen LogP contribution in [0, 0.1) is 0 Å². The average Bonchev–Trinajstić information content (AvgIpc) is 2.92. The molecule has 1 aromatic heterocycles. The van der Waals surface area contributed by atoms with Gasteiger partial charge in [0.25, 0.3) is 0 Å². The summed E-state index contributed by atoms with van der Waals surface area (Å²) < 4.78 is 10.7. The van der Waals surface area contributed by atoms with Crippen molar-refractivity contribution in [3.63, 3.8) is 0 Å². The number of nitrogens with zero attached hydrogens (tertiary/aromatic N) is 2. The van der Waals surface area contributed by atoms with Gasteiger partial charge in [-0.2, -0.15) is 4.98 Å². The van der Waals surface area contributed by atoms with Gasteiger partial charge < -0.3 is 14.4 Å². The van der Waals surface area contributed by atoms with Crippen molar-refractivity contribution in [1.29, 1.82) is 0 Å². The number of carbonyl (C=O) groups is 1. The summed E-state index contributed by atoms with van der Waals surface area (Å²) in [5.41, 5.74) is 0.742. The molecule has 0 saturated carbocycles. The fourth-order valence-electron chi connectivity index (χ4n) is 1.58. The molecule has 0 saturated heterocycles. The standard InChI is InChI=1S/C15H16N2O4/c1-10(2)15-16-13(17-21-15)9-20-12-5-3-4-11(8-12)6-7-14(18)19/h3-8,10H,9H2,1-2H3,(H,18,19). The minimum atomic E-state index is -0.991. The number of ether oxygens (including phenoxy) is 1. The van der Waals surface area contributed by atoms with E-state index in [1.165, 1.54) is 6.08 Å². The molecule has 110 valence electrons. The van der Waals surface area contributed by atoms with Gasteiger partial charge >= 0.3 is 5.97 Å². The summed E-state index contributed by atoms with van der Waals surface area (Å²) in [6.45, 7) is 4.13. The highest BCUT2D eigenvalue weighted by Crippen LogP contribution is 2.16. The Kier molecular flexibility index (Phi) is 4.71. The van der Waals surface area contributed by atoms with Crippen molar-refractivity contribution in [3.05, 3.63) is 47.6 Å². The number of carboxylic acid groups (broad SMARTS) is 1. The lowest BCUT2D eigenvalue weighted by molar-refractivity contribution is -0.131. The normalized spacial score (nSPS) is 11.2. The molecule has 1 aromatic carbocycles. The smallest absolute Gasteiger partial charge is 0.328 e. The zero-order chi connectivity index (χ0) is 15.2. The van der Waals surface area contributed by atoms with Crippen LogP contribution in [0.1, 0.15) is 37.0 Å². The number of carboxylic acids is 1. The molecule has 0 bridgehead atoms. The SMILES string of the molecule is CC(C)c1nc(COc2cccc(C=CC(=O)O)c2)no1. The van der Waals surface area contributed by atoms with Crippen molar-refractivity contribution >= 4 is 12.0 Å². The van der Waals surface area contributed by atoms with Crippen LogP contribution in [0.5, 0.6) is 5.75 Å². The third kappa shape index (κ3) is 4.45. The Bertz CT molecular complexity index is 647. The first-order valence-electron chi connectivity index (χ1n) is 6.51. The fourth-order valence-corrected chi connectivity index (χ4v) is 1.58. The number of rotatable bonds is 6. The summed E-state index contributed by atoms with van der Waals surface area (Å²) in [5, 5.41) is 12.4. The lowest BCUT2D eigenvalue weighted by atomic mass is 10.2. The predicted molar refractivity (Wildman–Crippen MR) is 75.8 cm³/mol. The maximum Gasteiger partial charge on any atom is 0.328 e. The van der Waals surface area contributed by atoms with Crippen LogP contribution >= 0.6 is 0 Å². The van der Waals surface area contributed by atoms with E-state index in [0.717, 1.165) is 11.6 Å². The Hall–Kier alpha value is -2.63. The molecular weight excluding hydrogens is 272 g/mol. The summed E-state index contributed by atoms with van der Waals surface area (Å²) in [6.07, 6.45) is 2.58. The zero-order valence-corrected chi connectivity index (χ0v) is 11.8. The molecule has 0 radical (unpaired) electrons. The molecule has 0 aliphatic carbocycles. The molecule has 0 amide bonds. The second-order valence-corrected chi connectivity index (χ2v) is 4.74. The summed E-state index contributed by atoms with van der Waals surface area (Å²) in [5.74, 6) is 0.848. The number of aliphatic carboxylic acids is 1. The van der Waals surface area contributed by atoms with E-state index < -0.39 is 5.97 Å². The van der Waals surface area contributed by atoms with Crippen LogP contribution in [0.25, 0.3) is 6.08 Å². The topological polar surface area (TPSA) is 85.5 Å². The first-order chi connectivity index (χ1) is 10.0. The highest BCUT2D eigenvalue weighted by Gasteiger charge is 2.10. The highest BCUT2D eigenvalue weighted by molar-refractivity contribution is 5.85. The first-order valence-corrected chi connectivity index (χ1v) is 6.51. The minimum Gasteiger partial charge on any atom is -0.485 e. The molecular formula is C15H16N2O4.